The third kappa shape index (κ3) is 4.57. The predicted molar refractivity (Wildman–Crippen MR) is 103 cm³/mol. The first-order valence-corrected chi connectivity index (χ1v) is 10.8. The van der Waals surface area contributed by atoms with Crippen LogP contribution in [0.15, 0.2) is 41.3 Å². The summed E-state index contributed by atoms with van der Waals surface area (Å²) in [6.45, 7) is 2.17. The van der Waals surface area contributed by atoms with Crippen LogP contribution in [0.5, 0.6) is 5.75 Å². The zero-order valence-electron chi connectivity index (χ0n) is 14.6. The van der Waals surface area contributed by atoms with E-state index in [1.807, 2.05) is 0 Å². The van der Waals surface area contributed by atoms with Crippen molar-refractivity contribution in [3.63, 3.8) is 0 Å². The molecule has 5 nitrogen and oxygen atoms in total. The van der Waals surface area contributed by atoms with Crippen LogP contribution in [0.2, 0.25) is 10.0 Å². The van der Waals surface area contributed by atoms with Crippen LogP contribution in [-0.4, -0.2) is 26.7 Å². The molecule has 1 unspecified atom stereocenters. The molecule has 27 heavy (non-hydrogen) atoms. The fraction of sp³-hybridized carbons (Fsp3) is 0.316. The third-order valence-corrected chi connectivity index (χ3v) is 6.76. The first-order valence-electron chi connectivity index (χ1n) is 8.39. The number of hydrogen-bond donors (Lipinski definition) is 0. The maximum Gasteiger partial charge on any atom is 0.306 e. The quantitative estimate of drug-likeness (QED) is 0.637. The smallest absolute Gasteiger partial charge is 0.306 e. The number of hydrogen-bond acceptors (Lipinski definition) is 5. The summed E-state index contributed by atoms with van der Waals surface area (Å²) < 4.78 is 35.6. The molecular weight excluding hydrogens is 411 g/mol. The SMILES string of the molecule is CCOC(=O)CC1CS(=O)(=O)c2cc(OCc3ccc(Cl)cc3Cl)ccc21. The second kappa shape index (κ2) is 8.09. The molecular formula is C19H18Cl2O5S. The van der Waals surface area contributed by atoms with Gasteiger partial charge in [-0.25, -0.2) is 8.42 Å². The van der Waals surface area contributed by atoms with Crippen LogP contribution < -0.4 is 4.74 Å². The van der Waals surface area contributed by atoms with Crippen molar-refractivity contribution < 1.29 is 22.7 Å². The van der Waals surface area contributed by atoms with Crippen molar-refractivity contribution in [3.05, 3.63) is 57.6 Å². The van der Waals surface area contributed by atoms with Gasteiger partial charge < -0.3 is 9.47 Å². The summed E-state index contributed by atoms with van der Waals surface area (Å²) in [5, 5.41) is 1.01. The van der Waals surface area contributed by atoms with Crippen LogP contribution >= 0.6 is 23.2 Å². The molecule has 0 fully saturated rings. The van der Waals surface area contributed by atoms with Crippen molar-refractivity contribution in [2.75, 3.05) is 12.4 Å². The number of rotatable bonds is 6. The highest BCUT2D eigenvalue weighted by Gasteiger charge is 2.36. The van der Waals surface area contributed by atoms with E-state index in [-0.39, 0.29) is 30.3 Å². The van der Waals surface area contributed by atoms with E-state index in [1.165, 1.54) is 6.07 Å². The van der Waals surface area contributed by atoms with E-state index in [0.717, 1.165) is 5.56 Å². The number of carbonyl (C=O) groups excluding carboxylic acids is 1. The van der Waals surface area contributed by atoms with Gasteiger partial charge in [0.05, 0.1) is 23.7 Å². The summed E-state index contributed by atoms with van der Waals surface area (Å²) in [6.07, 6.45) is 0.0423. The Hall–Kier alpha value is -1.76. The Morgan fingerprint density at radius 2 is 1.96 bits per heavy atom. The lowest BCUT2D eigenvalue weighted by Crippen LogP contribution is -2.12. The molecule has 3 rings (SSSR count). The second-order valence-electron chi connectivity index (χ2n) is 6.21. The molecule has 1 aliphatic heterocycles. The summed E-state index contributed by atoms with van der Waals surface area (Å²) in [5.74, 6) is -0.486. The zero-order valence-corrected chi connectivity index (χ0v) is 16.9. The van der Waals surface area contributed by atoms with Crippen molar-refractivity contribution in [3.8, 4) is 5.75 Å². The summed E-state index contributed by atoms with van der Waals surface area (Å²) >= 11 is 12.0. The molecule has 8 heteroatoms. The molecule has 0 aromatic heterocycles. The lowest BCUT2D eigenvalue weighted by Gasteiger charge is -2.11. The molecule has 1 aliphatic rings. The van der Waals surface area contributed by atoms with Crippen molar-refractivity contribution >= 4 is 39.0 Å². The molecule has 2 aromatic carbocycles. The average molecular weight is 429 g/mol. The minimum absolute atomic E-state index is 0.0423. The molecule has 0 saturated carbocycles. The Labute approximate surface area is 168 Å². The molecule has 0 aliphatic carbocycles. The summed E-state index contributed by atoms with van der Waals surface area (Å²) in [6, 6.07) is 9.97. The minimum Gasteiger partial charge on any atom is -0.489 e. The molecule has 0 bridgehead atoms. The van der Waals surface area contributed by atoms with Gasteiger partial charge >= 0.3 is 5.97 Å². The number of halogens is 2. The van der Waals surface area contributed by atoms with E-state index >= 15 is 0 Å². The zero-order chi connectivity index (χ0) is 19.6. The second-order valence-corrected chi connectivity index (χ2v) is 9.06. The van der Waals surface area contributed by atoms with Crippen LogP contribution in [0.1, 0.15) is 30.4 Å². The maximum atomic E-state index is 12.5. The van der Waals surface area contributed by atoms with Crippen molar-refractivity contribution in [1.82, 2.24) is 0 Å². The van der Waals surface area contributed by atoms with Crippen LogP contribution in [0.25, 0.3) is 0 Å². The van der Waals surface area contributed by atoms with Gasteiger partial charge in [0, 0.05) is 21.5 Å². The van der Waals surface area contributed by atoms with E-state index in [0.29, 0.717) is 21.4 Å². The van der Waals surface area contributed by atoms with Gasteiger partial charge in [0.15, 0.2) is 9.84 Å². The summed E-state index contributed by atoms with van der Waals surface area (Å²) in [4.78, 5) is 11.9. The topological polar surface area (TPSA) is 69.7 Å². The summed E-state index contributed by atoms with van der Waals surface area (Å²) in [7, 11) is -3.47. The minimum atomic E-state index is -3.47. The van der Waals surface area contributed by atoms with Crippen molar-refractivity contribution in [1.29, 1.82) is 0 Å². The van der Waals surface area contributed by atoms with Crippen LogP contribution in [-0.2, 0) is 26.0 Å². The maximum absolute atomic E-state index is 12.5. The van der Waals surface area contributed by atoms with Gasteiger partial charge in [-0.15, -0.1) is 0 Å². The van der Waals surface area contributed by atoms with Gasteiger partial charge in [-0.2, -0.15) is 0 Å². The van der Waals surface area contributed by atoms with Crippen molar-refractivity contribution in [2.24, 2.45) is 0 Å². The molecule has 2 aromatic rings. The number of sulfone groups is 1. The van der Waals surface area contributed by atoms with Gasteiger partial charge in [0.1, 0.15) is 12.4 Å². The Bertz CT molecular complexity index is 972. The molecule has 0 saturated heterocycles. The molecule has 1 heterocycles. The molecule has 0 spiro atoms. The highest BCUT2D eigenvalue weighted by Crippen LogP contribution is 2.39. The largest absolute Gasteiger partial charge is 0.489 e. The van der Waals surface area contributed by atoms with E-state index in [4.69, 9.17) is 32.7 Å². The molecule has 1 atom stereocenters. The Balaban J connectivity index is 1.78. The monoisotopic (exact) mass is 428 g/mol. The molecule has 0 N–H and O–H groups in total. The average Bonchev–Trinajstić information content (AvgIpc) is 2.84. The molecule has 0 radical (unpaired) electrons. The van der Waals surface area contributed by atoms with Crippen molar-refractivity contribution in [2.45, 2.75) is 30.8 Å². The van der Waals surface area contributed by atoms with E-state index < -0.39 is 21.7 Å². The fourth-order valence-electron chi connectivity index (χ4n) is 3.05. The standard InChI is InChI=1S/C19H18Cl2O5S/c1-2-25-19(22)7-13-11-27(23,24)18-9-15(5-6-16(13)18)26-10-12-3-4-14(20)8-17(12)21/h3-6,8-9,13H,2,7,10-11H2,1H3. The normalized spacial score (nSPS) is 17.4. The fourth-order valence-corrected chi connectivity index (χ4v) is 5.40. The van der Waals surface area contributed by atoms with Gasteiger partial charge in [-0.3, -0.25) is 4.79 Å². The first kappa shape index (κ1) is 20.0. The lowest BCUT2D eigenvalue weighted by atomic mass is 9.98. The van der Waals surface area contributed by atoms with Gasteiger partial charge in [0.25, 0.3) is 0 Å². The number of esters is 1. The summed E-state index contributed by atoms with van der Waals surface area (Å²) in [5.41, 5.74) is 1.37. The first-order chi connectivity index (χ1) is 12.8. The van der Waals surface area contributed by atoms with E-state index in [1.54, 1.807) is 37.3 Å². The van der Waals surface area contributed by atoms with E-state index in [9.17, 15) is 13.2 Å². The van der Waals surface area contributed by atoms with E-state index in [2.05, 4.69) is 0 Å². The van der Waals surface area contributed by atoms with Gasteiger partial charge in [-0.05, 0) is 36.8 Å². The Morgan fingerprint density at radius 1 is 1.19 bits per heavy atom. The highest BCUT2D eigenvalue weighted by molar-refractivity contribution is 7.91. The van der Waals surface area contributed by atoms with Crippen LogP contribution in [0.4, 0.5) is 0 Å². The highest BCUT2D eigenvalue weighted by atomic mass is 35.5. The Kier molecular flexibility index (Phi) is 5.99. The number of ether oxygens (including phenoxy) is 2. The Morgan fingerprint density at radius 3 is 2.67 bits per heavy atom. The van der Waals surface area contributed by atoms with Gasteiger partial charge in [-0.1, -0.05) is 35.3 Å². The lowest BCUT2D eigenvalue weighted by molar-refractivity contribution is -0.143. The number of carbonyl (C=O) groups is 1. The van der Waals surface area contributed by atoms with Crippen LogP contribution in [0.3, 0.4) is 0 Å². The third-order valence-electron chi connectivity index (χ3n) is 4.31. The number of benzene rings is 2. The van der Waals surface area contributed by atoms with Gasteiger partial charge in [0.2, 0.25) is 0 Å². The number of fused-ring (bicyclic) bond motifs is 1. The van der Waals surface area contributed by atoms with Crippen LogP contribution in [0, 0.1) is 0 Å². The molecule has 144 valence electrons. The molecule has 0 amide bonds. The predicted octanol–water partition coefficient (Wildman–Crippen LogP) is 4.40.